The Hall–Kier alpha value is -2.57. The predicted octanol–water partition coefficient (Wildman–Crippen LogP) is 2.14. The number of hydrogen-bond donors (Lipinski definition) is 0. The molecular weight excluding hydrogens is 400 g/mol. The number of aromatic nitrogens is 3. The van der Waals surface area contributed by atoms with Crippen LogP contribution in [-0.2, 0) is 7.05 Å². The van der Waals surface area contributed by atoms with Crippen molar-refractivity contribution in [2.75, 3.05) is 26.2 Å². The van der Waals surface area contributed by atoms with Crippen molar-refractivity contribution in [3.05, 3.63) is 32.2 Å². The van der Waals surface area contributed by atoms with Gasteiger partial charge in [0.25, 0.3) is 11.5 Å². The minimum Gasteiger partial charge on any atom is -0.335 e. The molecule has 0 aliphatic carbocycles. The number of piperazine rings is 1. The molecule has 2 aromatic rings. The summed E-state index contributed by atoms with van der Waals surface area (Å²) in [5, 5.41) is 14.2. The Morgan fingerprint density at radius 2 is 1.77 bits per heavy atom. The summed E-state index contributed by atoms with van der Waals surface area (Å²) < 4.78 is 1.31. The van der Waals surface area contributed by atoms with E-state index in [1.54, 1.807) is 7.05 Å². The zero-order chi connectivity index (χ0) is 22.2. The SMILES string of the molecule is Cc1nc(-c2c(C)c(C)nn(C)c2=O)sc1C(=O)N1CCN(C(C#N)C(C)C)CC1. The maximum Gasteiger partial charge on any atom is 0.277 e. The van der Waals surface area contributed by atoms with Crippen molar-refractivity contribution < 1.29 is 4.79 Å². The van der Waals surface area contributed by atoms with E-state index in [4.69, 9.17) is 0 Å². The molecule has 1 atom stereocenters. The summed E-state index contributed by atoms with van der Waals surface area (Å²) in [5.74, 6) is 0.187. The first-order valence-electron chi connectivity index (χ1n) is 10.1. The van der Waals surface area contributed by atoms with E-state index in [1.165, 1.54) is 16.0 Å². The van der Waals surface area contributed by atoms with Gasteiger partial charge in [0.2, 0.25) is 0 Å². The lowest BCUT2D eigenvalue weighted by Gasteiger charge is -2.38. The lowest BCUT2D eigenvalue weighted by atomic mass is 10.0. The fourth-order valence-electron chi connectivity index (χ4n) is 3.80. The van der Waals surface area contributed by atoms with Crippen molar-refractivity contribution in [3.63, 3.8) is 0 Å². The molecule has 1 unspecified atom stereocenters. The summed E-state index contributed by atoms with van der Waals surface area (Å²) in [6, 6.07) is 2.24. The average molecular weight is 429 g/mol. The van der Waals surface area contributed by atoms with Gasteiger partial charge in [0.1, 0.15) is 15.9 Å². The van der Waals surface area contributed by atoms with Crippen LogP contribution in [0.2, 0.25) is 0 Å². The van der Waals surface area contributed by atoms with Crippen molar-refractivity contribution in [1.82, 2.24) is 24.6 Å². The molecule has 9 heteroatoms. The first-order valence-corrected chi connectivity index (χ1v) is 10.9. The Kier molecular flexibility index (Phi) is 6.38. The van der Waals surface area contributed by atoms with Crippen LogP contribution >= 0.6 is 11.3 Å². The van der Waals surface area contributed by atoms with Crippen LogP contribution in [0.5, 0.6) is 0 Å². The van der Waals surface area contributed by atoms with Gasteiger partial charge in [-0.15, -0.1) is 11.3 Å². The number of aryl methyl sites for hydroxylation is 3. The Bertz CT molecular complexity index is 1060. The molecule has 30 heavy (non-hydrogen) atoms. The van der Waals surface area contributed by atoms with Gasteiger partial charge in [0.15, 0.2) is 0 Å². The van der Waals surface area contributed by atoms with E-state index in [-0.39, 0.29) is 23.4 Å². The first-order chi connectivity index (χ1) is 14.1. The highest BCUT2D eigenvalue weighted by Gasteiger charge is 2.30. The molecule has 1 aliphatic heterocycles. The third-order valence-corrected chi connectivity index (χ3v) is 6.85. The first kappa shape index (κ1) is 22.1. The lowest BCUT2D eigenvalue weighted by molar-refractivity contribution is 0.0580. The second-order valence-electron chi connectivity index (χ2n) is 8.09. The number of nitrogens with zero attached hydrogens (tertiary/aromatic N) is 6. The summed E-state index contributed by atoms with van der Waals surface area (Å²) in [6.07, 6.45) is 0. The highest BCUT2D eigenvalue weighted by Crippen LogP contribution is 2.30. The molecule has 2 aromatic heterocycles. The number of carbonyl (C=O) groups excluding carboxylic acids is 1. The Morgan fingerprint density at radius 3 is 2.33 bits per heavy atom. The van der Waals surface area contributed by atoms with E-state index in [2.05, 4.69) is 21.1 Å². The minimum atomic E-state index is -0.212. The summed E-state index contributed by atoms with van der Waals surface area (Å²) >= 11 is 1.27. The van der Waals surface area contributed by atoms with Crippen LogP contribution in [0.3, 0.4) is 0 Å². The zero-order valence-electron chi connectivity index (χ0n) is 18.4. The Labute approximate surface area is 180 Å². The Morgan fingerprint density at radius 1 is 1.13 bits per heavy atom. The van der Waals surface area contributed by atoms with Crippen LogP contribution < -0.4 is 5.56 Å². The molecule has 3 heterocycles. The van der Waals surface area contributed by atoms with Gasteiger partial charge in [-0.25, -0.2) is 9.67 Å². The number of amides is 1. The maximum absolute atomic E-state index is 13.2. The quantitative estimate of drug-likeness (QED) is 0.740. The maximum atomic E-state index is 13.2. The van der Waals surface area contributed by atoms with Crippen molar-refractivity contribution in [3.8, 4) is 16.6 Å². The van der Waals surface area contributed by atoms with E-state index in [0.717, 1.165) is 11.3 Å². The van der Waals surface area contributed by atoms with Crippen molar-refractivity contribution >= 4 is 17.2 Å². The summed E-state index contributed by atoms with van der Waals surface area (Å²) in [6.45, 7) is 12.1. The standard InChI is InChI=1S/C21H28N6O2S/c1-12(2)16(11-22)26-7-9-27(10-8-26)21(29)18-15(5)23-19(30-18)17-13(3)14(4)24-25(6)20(17)28/h12,16H,7-10H2,1-6H3. The van der Waals surface area contributed by atoms with E-state index in [9.17, 15) is 14.9 Å². The van der Waals surface area contributed by atoms with E-state index < -0.39 is 0 Å². The number of hydrogen-bond acceptors (Lipinski definition) is 7. The van der Waals surface area contributed by atoms with Gasteiger partial charge in [-0.1, -0.05) is 13.8 Å². The molecule has 0 saturated carbocycles. The summed E-state index contributed by atoms with van der Waals surface area (Å²) in [5.41, 5.74) is 2.48. The van der Waals surface area contributed by atoms with Gasteiger partial charge in [-0.2, -0.15) is 10.4 Å². The molecule has 0 spiro atoms. The number of nitriles is 1. The topological polar surface area (TPSA) is 95.1 Å². The normalized spacial score (nSPS) is 16.0. The van der Waals surface area contributed by atoms with Gasteiger partial charge >= 0.3 is 0 Å². The van der Waals surface area contributed by atoms with Crippen LogP contribution in [0.25, 0.3) is 10.6 Å². The average Bonchev–Trinajstić information content (AvgIpc) is 3.08. The molecule has 0 N–H and O–H groups in total. The number of carbonyl (C=O) groups is 1. The monoisotopic (exact) mass is 428 g/mol. The van der Waals surface area contributed by atoms with Gasteiger partial charge in [-0.3, -0.25) is 14.5 Å². The summed E-state index contributed by atoms with van der Waals surface area (Å²) in [7, 11) is 1.62. The van der Waals surface area contributed by atoms with Crippen LogP contribution in [-0.4, -0.2) is 62.7 Å². The molecule has 1 fully saturated rings. The molecule has 1 aliphatic rings. The molecule has 160 valence electrons. The number of rotatable bonds is 4. The molecule has 0 aromatic carbocycles. The van der Waals surface area contributed by atoms with Crippen molar-refractivity contribution in [2.45, 2.75) is 40.7 Å². The lowest BCUT2D eigenvalue weighted by Crippen LogP contribution is -2.52. The fourth-order valence-corrected chi connectivity index (χ4v) is 4.93. The van der Waals surface area contributed by atoms with Crippen LogP contribution in [0.4, 0.5) is 0 Å². The molecule has 0 bridgehead atoms. The van der Waals surface area contributed by atoms with Gasteiger partial charge in [0.05, 0.1) is 23.0 Å². The smallest absolute Gasteiger partial charge is 0.277 e. The second kappa shape index (κ2) is 8.66. The summed E-state index contributed by atoms with van der Waals surface area (Å²) in [4.78, 5) is 34.9. The fraction of sp³-hybridized carbons (Fsp3) is 0.571. The van der Waals surface area contributed by atoms with Crippen LogP contribution in [0.1, 0.15) is 40.5 Å². The Balaban J connectivity index is 1.83. The van der Waals surface area contributed by atoms with Crippen molar-refractivity contribution in [2.24, 2.45) is 13.0 Å². The van der Waals surface area contributed by atoms with E-state index in [0.29, 0.717) is 47.3 Å². The van der Waals surface area contributed by atoms with Crippen molar-refractivity contribution in [1.29, 1.82) is 5.26 Å². The third-order valence-electron chi connectivity index (χ3n) is 5.69. The molecular formula is C21H28N6O2S. The van der Waals surface area contributed by atoms with Crippen LogP contribution in [0, 0.1) is 38.0 Å². The third kappa shape index (κ3) is 4.02. The molecule has 0 radical (unpaired) electrons. The number of thiazole rings is 1. The minimum absolute atomic E-state index is 0.0609. The molecule has 1 saturated heterocycles. The predicted molar refractivity (Wildman–Crippen MR) is 117 cm³/mol. The largest absolute Gasteiger partial charge is 0.335 e. The molecule has 1 amide bonds. The van der Waals surface area contributed by atoms with E-state index in [1.807, 2.05) is 39.5 Å². The van der Waals surface area contributed by atoms with E-state index >= 15 is 0 Å². The molecule has 3 rings (SSSR count). The van der Waals surface area contributed by atoms with Gasteiger partial charge in [0, 0.05) is 33.2 Å². The van der Waals surface area contributed by atoms with Gasteiger partial charge in [-0.05, 0) is 32.3 Å². The van der Waals surface area contributed by atoms with Gasteiger partial charge < -0.3 is 4.90 Å². The highest BCUT2D eigenvalue weighted by molar-refractivity contribution is 7.17. The second-order valence-corrected chi connectivity index (χ2v) is 9.09. The molecule has 8 nitrogen and oxygen atoms in total. The highest BCUT2D eigenvalue weighted by atomic mass is 32.1. The van der Waals surface area contributed by atoms with Crippen LogP contribution in [0.15, 0.2) is 4.79 Å². The zero-order valence-corrected chi connectivity index (χ0v) is 19.2.